The minimum atomic E-state index is -0.512. The van der Waals surface area contributed by atoms with Crippen molar-refractivity contribution in [3.63, 3.8) is 0 Å². The Labute approximate surface area is 140 Å². The van der Waals surface area contributed by atoms with Crippen molar-refractivity contribution < 1.29 is 19.2 Å². The van der Waals surface area contributed by atoms with Gasteiger partial charge in [-0.1, -0.05) is 0 Å². The number of likely N-dealkylation sites (N-methyl/N-ethyl adjacent to an activating group) is 1. The molecule has 0 aliphatic carbocycles. The number of nitro benzene ring substituents is 1. The number of piperazine rings is 1. The molecule has 1 saturated heterocycles. The summed E-state index contributed by atoms with van der Waals surface area (Å²) in [6.45, 7) is 2.92. The maximum Gasteiger partial charge on any atom is 0.280 e. The summed E-state index contributed by atoms with van der Waals surface area (Å²) in [5, 5.41) is 11.2. The summed E-state index contributed by atoms with van der Waals surface area (Å²) in [6, 6.07) is 2.78. The molecular formula is C16H21N3O5. The number of ether oxygens (including phenoxy) is 2. The van der Waals surface area contributed by atoms with Crippen LogP contribution in [0.3, 0.4) is 0 Å². The third kappa shape index (κ3) is 4.02. The molecule has 8 heteroatoms. The molecule has 0 radical (unpaired) electrons. The third-order valence-electron chi connectivity index (χ3n) is 3.95. The second-order valence-corrected chi connectivity index (χ2v) is 5.49. The van der Waals surface area contributed by atoms with Crippen molar-refractivity contribution in [2.75, 3.05) is 47.4 Å². The van der Waals surface area contributed by atoms with Crippen molar-refractivity contribution >= 4 is 17.7 Å². The smallest absolute Gasteiger partial charge is 0.280 e. The molecule has 8 nitrogen and oxygen atoms in total. The first-order valence-corrected chi connectivity index (χ1v) is 7.52. The fourth-order valence-electron chi connectivity index (χ4n) is 2.47. The fraction of sp³-hybridized carbons (Fsp3) is 0.438. The van der Waals surface area contributed by atoms with E-state index in [1.807, 2.05) is 7.05 Å². The summed E-state index contributed by atoms with van der Waals surface area (Å²) in [5.41, 5.74) is 0.148. The highest BCUT2D eigenvalue weighted by atomic mass is 16.6. The molecule has 1 heterocycles. The van der Waals surface area contributed by atoms with Crippen LogP contribution in [0.25, 0.3) is 6.08 Å². The lowest BCUT2D eigenvalue weighted by Crippen LogP contribution is -2.46. The van der Waals surface area contributed by atoms with Crippen LogP contribution in [0, 0.1) is 10.1 Å². The topological polar surface area (TPSA) is 85.2 Å². The molecule has 24 heavy (non-hydrogen) atoms. The molecule has 0 saturated carbocycles. The highest BCUT2D eigenvalue weighted by Crippen LogP contribution is 2.35. The molecule has 0 atom stereocenters. The van der Waals surface area contributed by atoms with E-state index in [2.05, 4.69) is 4.90 Å². The first-order valence-electron chi connectivity index (χ1n) is 7.52. The van der Waals surface area contributed by atoms with E-state index in [1.165, 1.54) is 38.5 Å². The normalized spacial score (nSPS) is 15.5. The van der Waals surface area contributed by atoms with Crippen LogP contribution in [0.15, 0.2) is 18.2 Å². The molecule has 0 aromatic heterocycles. The lowest BCUT2D eigenvalue weighted by molar-refractivity contribution is -0.385. The summed E-state index contributed by atoms with van der Waals surface area (Å²) in [5.74, 6) is 0.480. The van der Waals surface area contributed by atoms with Crippen molar-refractivity contribution in [1.29, 1.82) is 0 Å². The third-order valence-corrected chi connectivity index (χ3v) is 3.95. The van der Waals surface area contributed by atoms with Gasteiger partial charge in [0.05, 0.1) is 30.8 Å². The average molecular weight is 335 g/mol. The van der Waals surface area contributed by atoms with E-state index in [0.717, 1.165) is 13.1 Å². The van der Waals surface area contributed by atoms with Crippen LogP contribution in [0.5, 0.6) is 11.5 Å². The average Bonchev–Trinajstić information content (AvgIpc) is 2.59. The number of hydrogen-bond acceptors (Lipinski definition) is 6. The molecular weight excluding hydrogens is 314 g/mol. The van der Waals surface area contributed by atoms with Gasteiger partial charge in [-0.15, -0.1) is 0 Å². The lowest BCUT2D eigenvalue weighted by Gasteiger charge is -2.31. The molecule has 0 bridgehead atoms. The Morgan fingerprint density at radius 3 is 2.29 bits per heavy atom. The number of nitrogens with zero attached hydrogens (tertiary/aromatic N) is 3. The van der Waals surface area contributed by atoms with Crippen molar-refractivity contribution in [2.24, 2.45) is 0 Å². The Morgan fingerprint density at radius 2 is 1.75 bits per heavy atom. The van der Waals surface area contributed by atoms with Crippen LogP contribution >= 0.6 is 0 Å². The van der Waals surface area contributed by atoms with E-state index >= 15 is 0 Å². The number of methoxy groups -OCH3 is 2. The number of amides is 1. The number of benzene rings is 1. The highest BCUT2D eigenvalue weighted by molar-refractivity contribution is 5.92. The molecule has 1 amide bonds. The van der Waals surface area contributed by atoms with Crippen LogP contribution in [-0.2, 0) is 4.79 Å². The van der Waals surface area contributed by atoms with E-state index in [0.29, 0.717) is 24.4 Å². The minimum absolute atomic E-state index is 0.143. The van der Waals surface area contributed by atoms with E-state index < -0.39 is 4.92 Å². The molecule has 0 unspecified atom stereocenters. The molecule has 1 aromatic carbocycles. The number of carbonyl (C=O) groups is 1. The SMILES string of the molecule is COc1cc(C=CC(=O)N2CCN(C)CC2)c([N+](=O)[O-])cc1OC. The van der Waals surface area contributed by atoms with Gasteiger partial charge in [0.2, 0.25) is 5.91 Å². The van der Waals surface area contributed by atoms with Gasteiger partial charge in [0.25, 0.3) is 5.69 Å². The monoisotopic (exact) mass is 335 g/mol. The molecule has 1 aliphatic heterocycles. The van der Waals surface area contributed by atoms with E-state index in [1.54, 1.807) is 4.90 Å². The lowest BCUT2D eigenvalue weighted by atomic mass is 10.1. The molecule has 130 valence electrons. The van der Waals surface area contributed by atoms with Crippen molar-refractivity contribution in [1.82, 2.24) is 9.80 Å². The van der Waals surface area contributed by atoms with Crippen molar-refractivity contribution in [2.45, 2.75) is 0 Å². The van der Waals surface area contributed by atoms with Gasteiger partial charge >= 0.3 is 0 Å². The molecule has 0 N–H and O–H groups in total. The summed E-state index contributed by atoms with van der Waals surface area (Å²) >= 11 is 0. The zero-order valence-electron chi connectivity index (χ0n) is 14.0. The summed E-state index contributed by atoms with van der Waals surface area (Å²) < 4.78 is 10.2. The second kappa shape index (κ2) is 7.78. The second-order valence-electron chi connectivity index (χ2n) is 5.49. The van der Waals surface area contributed by atoms with Crippen molar-refractivity contribution in [3.8, 4) is 11.5 Å². The zero-order chi connectivity index (χ0) is 17.7. The van der Waals surface area contributed by atoms with Crippen LogP contribution in [0.1, 0.15) is 5.56 Å². The van der Waals surface area contributed by atoms with Gasteiger partial charge in [-0.25, -0.2) is 0 Å². The molecule has 1 aromatic rings. The van der Waals surface area contributed by atoms with Gasteiger partial charge in [-0.2, -0.15) is 0 Å². The minimum Gasteiger partial charge on any atom is -0.493 e. The summed E-state index contributed by atoms with van der Waals surface area (Å²) in [6.07, 6.45) is 2.81. The molecule has 1 fully saturated rings. The predicted octanol–water partition coefficient (Wildman–Crippen LogP) is 1.40. The Morgan fingerprint density at radius 1 is 1.17 bits per heavy atom. The largest absolute Gasteiger partial charge is 0.493 e. The van der Waals surface area contributed by atoms with Crippen LogP contribution in [0.4, 0.5) is 5.69 Å². The standard InChI is InChI=1S/C16H21N3O5/c1-17-6-8-18(9-7-17)16(20)5-4-12-10-14(23-2)15(24-3)11-13(12)19(21)22/h4-5,10-11H,6-9H2,1-3H3. The Kier molecular flexibility index (Phi) is 5.75. The van der Waals surface area contributed by atoms with Crippen LogP contribution < -0.4 is 9.47 Å². The maximum absolute atomic E-state index is 12.2. The Balaban J connectivity index is 2.24. The van der Waals surface area contributed by atoms with Crippen LogP contribution in [-0.4, -0.2) is 68.1 Å². The molecule has 1 aliphatic rings. The van der Waals surface area contributed by atoms with Gasteiger partial charge in [-0.05, 0) is 19.2 Å². The number of hydrogen-bond donors (Lipinski definition) is 0. The number of carbonyl (C=O) groups excluding carboxylic acids is 1. The van der Waals surface area contributed by atoms with Crippen molar-refractivity contribution in [3.05, 3.63) is 33.9 Å². The van der Waals surface area contributed by atoms with Gasteiger partial charge in [0.1, 0.15) is 0 Å². The van der Waals surface area contributed by atoms with Crippen LogP contribution in [0.2, 0.25) is 0 Å². The molecule has 0 spiro atoms. The first kappa shape index (κ1) is 17.7. The van der Waals surface area contributed by atoms with Gasteiger partial charge in [0, 0.05) is 32.3 Å². The number of rotatable bonds is 5. The quantitative estimate of drug-likeness (QED) is 0.459. The zero-order valence-corrected chi connectivity index (χ0v) is 14.0. The van der Waals surface area contributed by atoms with E-state index in [-0.39, 0.29) is 17.3 Å². The molecule has 2 rings (SSSR count). The van der Waals surface area contributed by atoms with Gasteiger partial charge < -0.3 is 19.3 Å². The number of nitro groups is 1. The van der Waals surface area contributed by atoms with Gasteiger partial charge in [0.15, 0.2) is 11.5 Å². The van der Waals surface area contributed by atoms with E-state index in [9.17, 15) is 14.9 Å². The summed E-state index contributed by atoms with van der Waals surface area (Å²) in [4.78, 5) is 26.8. The predicted molar refractivity (Wildman–Crippen MR) is 89.3 cm³/mol. The Bertz CT molecular complexity index is 651. The first-order chi connectivity index (χ1) is 11.5. The summed E-state index contributed by atoms with van der Waals surface area (Å²) in [7, 11) is 4.87. The van der Waals surface area contributed by atoms with E-state index in [4.69, 9.17) is 9.47 Å². The Hall–Kier alpha value is -2.61. The maximum atomic E-state index is 12.2. The van der Waals surface area contributed by atoms with Gasteiger partial charge in [-0.3, -0.25) is 14.9 Å². The fourth-order valence-corrected chi connectivity index (χ4v) is 2.47. The highest BCUT2D eigenvalue weighted by Gasteiger charge is 2.20.